The maximum atomic E-state index is 13.4. The average Bonchev–Trinajstić information content (AvgIpc) is 3.21. The zero-order chi connectivity index (χ0) is 22.3. The van der Waals surface area contributed by atoms with E-state index < -0.39 is 17.7 Å². The highest BCUT2D eigenvalue weighted by atomic mass is 19.4. The van der Waals surface area contributed by atoms with E-state index in [1.807, 2.05) is 13.0 Å². The fraction of sp³-hybridized carbons (Fsp3) is 0.364. The van der Waals surface area contributed by atoms with Crippen LogP contribution in [0.1, 0.15) is 41.6 Å². The summed E-state index contributed by atoms with van der Waals surface area (Å²) in [6.07, 6.45) is -3.83. The van der Waals surface area contributed by atoms with Gasteiger partial charge in [0.1, 0.15) is 11.9 Å². The van der Waals surface area contributed by atoms with Crippen LogP contribution < -0.4 is 16.2 Å². The molecule has 1 fully saturated rings. The number of hydrogen-bond acceptors (Lipinski definition) is 6. The Morgan fingerprint density at radius 3 is 2.58 bits per heavy atom. The van der Waals surface area contributed by atoms with Gasteiger partial charge in [0.15, 0.2) is 5.82 Å². The molecule has 2 aromatic carbocycles. The number of fused-ring (bicyclic) bond motifs is 1. The summed E-state index contributed by atoms with van der Waals surface area (Å²) in [4.78, 5) is 0. The molecule has 1 aliphatic rings. The summed E-state index contributed by atoms with van der Waals surface area (Å²) in [7, 11) is 0. The van der Waals surface area contributed by atoms with Crippen molar-refractivity contribution in [2.45, 2.75) is 38.5 Å². The van der Waals surface area contributed by atoms with E-state index in [0.717, 1.165) is 29.5 Å². The van der Waals surface area contributed by atoms with Crippen LogP contribution in [0, 0.1) is 6.92 Å². The molecular formula is C22H23F3N4O2. The van der Waals surface area contributed by atoms with E-state index in [-0.39, 0.29) is 17.6 Å². The van der Waals surface area contributed by atoms with Gasteiger partial charge in [0.25, 0.3) is 0 Å². The highest BCUT2D eigenvalue weighted by Gasteiger charge is 2.32. The first-order valence-corrected chi connectivity index (χ1v) is 9.92. The minimum absolute atomic E-state index is 0.0486. The molecule has 164 valence electrons. The van der Waals surface area contributed by atoms with Crippen molar-refractivity contribution in [2.75, 3.05) is 24.7 Å². The first-order chi connectivity index (χ1) is 14.6. The van der Waals surface area contributed by atoms with Gasteiger partial charge >= 0.3 is 6.18 Å². The molecule has 0 spiro atoms. The predicted octanol–water partition coefficient (Wildman–Crippen LogP) is 4.44. The Balaban J connectivity index is 1.87. The van der Waals surface area contributed by atoms with Crippen LogP contribution in [0.4, 0.5) is 24.7 Å². The molecule has 31 heavy (non-hydrogen) atoms. The smallest absolute Gasteiger partial charge is 0.416 e. The Kier molecular flexibility index (Phi) is 5.38. The fourth-order valence-corrected chi connectivity index (χ4v) is 3.95. The largest absolute Gasteiger partial charge is 0.488 e. The molecule has 0 amide bonds. The molecule has 1 saturated heterocycles. The van der Waals surface area contributed by atoms with Crippen LogP contribution in [0.25, 0.3) is 10.8 Å². The molecule has 2 heterocycles. The van der Waals surface area contributed by atoms with Crippen molar-refractivity contribution >= 4 is 22.3 Å². The van der Waals surface area contributed by atoms with E-state index in [2.05, 4.69) is 10.2 Å². The molecule has 0 unspecified atom stereocenters. The van der Waals surface area contributed by atoms with Crippen molar-refractivity contribution < 1.29 is 22.6 Å². The number of nitrogens with zero attached hydrogens (tertiary/aromatic N) is 2. The number of aryl methyl sites for hydroxylation is 1. The molecule has 4 rings (SSSR count). The van der Waals surface area contributed by atoms with Gasteiger partial charge in [-0.2, -0.15) is 18.3 Å². The number of benzene rings is 2. The van der Waals surface area contributed by atoms with Crippen LogP contribution in [0.2, 0.25) is 0 Å². The predicted molar refractivity (Wildman–Crippen MR) is 112 cm³/mol. The highest BCUT2D eigenvalue weighted by molar-refractivity contribution is 5.96. The lowest BCUT2D eigenvalue weighted by atomic mass is 9.87. The monoisotopic (exact) mass is 432 g/mol. The maximum Gasteiger partial charge on any atom is 0.416 e. The number of anilines is 2. The normalized spacial score (nSPS) is 17.8. The quantitative estimate of drug-likeness (QED) is 0.592. The third-order valence-corrected chi connectivity index (χ3v) is 5.55. The topological polar surface area (TPSA) is 96.3 Å². The van der Waals surface area contributed by atoms with Gasteiger partial charge in [-0.3, -0.25) is 0 Å². The van der Waals surface area contributed by atoms with Gasteiger partial charge in [0.05, 0.1) is 24.5 Å². The Labute approximate surface area is 177 Å². The number of halogens is 3. The Hall–Kier alpha value is -3.07. The standard InChI is InChI=1S/C22H23F3N4O2/c1-11(13-5-14(22(23,24)25)7-15(26)6-13)18-8-17(31-16-3-4-30-10-16)9-19-20(18)12(2)28-29-21(19)27/h5-9,11,16H,3-4,10,26H2,1-2H3,(H2,27,29)/t11-,16+/m1/s1. The second-order valence-corrected chi connectivity index (χ2v) is 7.82. The van der Waals surface area contributed by atoms with Crippen LogP contribution in [-0.4, -0.2) is 29.5 Å². The third kappa shape index (κ3) is 4.23. The van der Waals surface area contributed by atoms with Gasteiger partial charge in [-0.15, -0.1) is 5.10 Å². The van der Waals surface area contributed by atoms with E-state index >= 15 is 0 Å². The zero-order valence-electron chi connectivity index (χ0n) is 17.2. The average molecular weight is 432 g/mol. The van der Waals surface area contributed by atoms with Crippen molar-refractivity contribution in [3.8, 4) is 5.75 Å². The van der Waals surface area contributed by atoms with E-state index in [1.54, 1.807) is 19.1 Å². The van der Waals surface area contributed by atoms with Gasteiger partial charge in [0.2, 0.25) is 0 Å². The molecule has 0 bridgehead atoms. The summed E-state index contributed by atoms with van der Waals surface area (Å²) >= 11 is 0. The van der Waals surface area contributed by atoms with Crippen molar-refractivity contribution in [3.63, 3.8) is 0 Å². The number of alkyl halides is 3. The highest BCUT2D eigenvalue weighted by Crippen LogP contribution is 2.39. The molecule has 9 heteroatoms. The Morgan fingerprint density at radius 2 is 1.90 bits per heavy atom. The lowest BCUT2D eigenvalue weighted by molar-refractivity contribution is -0.137. The van der Waals surface area contributed by atoms with E-state index in [9.17, 15) is 13.2 Å². The van der Waals surface area contributed by atoms with Crippen molar-refractivity contribution in [1.29, 1.82) is 0 Å². The SMILES string of the molecule is Cc1nnc(N)c2cc(O[C@H]3CCOC3)cc([C@H](C)c3cc(N)cc(C(F)(F)F)c3)c12. The molecule has 0 saturated carbocycles. The van der Waals surface area contributed by atoms with E-state index in [4.69, 9.17) is 20.9 Å². The van der Waals surface area contributed by atoms with Crippen LogP contribution in [0.3, 0.4) is 0 Å². The van der Waals surface area contributed by atoms with Gasteiger partial charge in [-0.1, -0.05) is 6.92 Å². The fourth-order valence-electron chi connectivity index (χ4n) is 3.95. The number of rotatable bonds is 4. The molecule has 6 nitrogen and oxygen atoms in total. The number of nitrogens with two attached hydrogens (primary N) is 2. The van der Waals surface area contributed by atoms with Gasteiger partial charge in [-0.05, 0) is 48.4 Å². The molecule has 0 aliphatic carbocycles. The zero-order valence-corrected chi connectivity index (χ0v) is 17.2. The second kappa shape index (κ2) is 7.88. The molecule has 4 N–H and O–H groups in total. The van der Waals surface area contributed by atoms with Crippen molar-refractivity contribution in [2.24, 2.45) is 0 Å². The second-order valence-electron chi connectivity index (χ2n) is 7.82. The Morgan fingerprint density at radius 1 is 1.13 bits per heavy atom. The first kappa shape index (κ1) is 21.2. The van der Waals surface area contributed by atoms with E-state index in [0.29, 0.717) is 35.6 Å². The van der Waals surface area contributed by atoms with Gasteiger partial charge < -0.3 is 20.9 Å². The number of nitrogen functional groups attached to an aromatic ring is 2. The summed E-state index contributed by atoms with van der Waals surface area (Å²) in [5.41, 5.74) is 13.0. The molecule has 1 aromatic heterocycles. The van der Waals surface area contributed by atoms with Gasteiger partial charge in [0, 0.05) is 28.8 Å². The number of ether oxygens (including phenoxy) is 2. The summed E-state index contributed by atoms with van der Waals surface area (Å²) in [6.45, 7) is 4.72. The van der Waals surface area contributed by atoms with Crippen molar-refractivity contribution in [1.82, 2.24) is 10.2 Å². The summed E-state index contributed by atoms with van der Waals surface area (Å²) in [5.74, 6) is 0.354. The number of hydrogen-bond donors (Lipinski definition) is 2. The van der Waals surface area contributed by atoms with Crippen LogP contribution in [0.5, 0.6) is 5.75 Å². The lowest BCUT2D eigenvalue weighted by Gasteiger charge is -2.21. The third-order valence-electron chi connectivity index (χ3n) is 5.55. The first-order valence-electron chi connectivity index (χ1n) is 9.92. The minimum atomic E-state index is -4.49. The summed E-state index contributed by atoms with van der Waals surface area (Å²) in [5, 5.41) is 9.49. The van der Waals surface area contributed by atoms with Crippen LogP contribution in [0.15, 0.2) is 30.3 Å². The number of aromatic nitrogens is 2. The molecule has 1 aliphatic heterocycles. The van der Waals surface area contributed by atoms with Crippen LogP contribution >= 0.6 is 0 Å². The van der Waals surface area contributed by atoms with Crippen molar-refractivity contribution in [3.05, 3.63) is 52.7 Å². The van der Waals surface area contributed by atoms with E-state index in [1.165, 1.54) is 0 Å². The lowest BCUT2D eigenvalue weighted by Crippen LogP contribution is -2.16. The molecule has 0 radical (unpaired) electrons. The molecule has 3 aromatic rings. The Bertz CT molecular complexity index is 1130. The molecule has 2 atom stereocenters. The van der Waals surface area contributed by atoms with Gasteiger partial charge in [-0.25, -0.2) is 0 Å². The minimum Gasteiger partial charge on any atom is -0.488 e. The summed E-state index contributed by atoms with van der Waals surface area (Å²) < 4.78 is 51.5. The molecular weight excluding hydrogens is 409 g/mol. The summed E-state index contributed by atoms with van der Waals surface area (Å²) in [6, 6.07) is 7.23. The maximum absolute atomic E-state index is 13.4. The van der Waals surface area contributed by atoms with Crippen LogP contribution in [-0.2, 0) is 10.9 Å².